The second kappa shape index (κ2) is 4.43. The molecule has 1 heteroatoms. The van der Waals surface area contributed by atoms with Crippen LogP contribution in [0.2, 0.25) is 0 Å². The highest BCUT2D eigenvalue weighted by Gasteiger charge is 2.13. The molecule has 0 atom stereocenters. The zero-order valence-corrected chi connectivity index (χ0v) is 7.91. The Morgan fingerprint density at radius 3 is 2.46 bits per heavy atom. The van der Waals surface area contributed by atoms with Gasteiger partial charge in [0.15, 0.2) is 0 Å². The van der Waals surface area contributed by atoms with Crippen molar-refractivity contribution in [2.45, 2.75) is 19.3 Å². The molecule has 1 aliphatic rings. The largest absolute Gasteiger partial charge is 0.381 e. The first kappa shape index (κ1) is 8.76. The molecule has 2 rings (SSSR count). The van der Waals surface area contributed by atoms with Crippen LogP contribution in [-0.4, -0.2) is 13.2 Å². The standard InChI is InChI=1S/C12H16O/c1-2-4-11(5-3-1)10-12-6-8-13-9-7-12/h1-5,12H,6-10H2. The van der Waals surface area contributed by atoms with Gasteiger partial charge in [0.2, 0.25) is 0 Å². The third-order valence-electron chi connectivity index (χ3n) is 2.71. The van der Waals surface area contributed by atoms with Crippen LogP contribution in [0.15, 0.2) is 30.3 Å². The van der Waals surface area contributed by atoms with Crippen molar-refractivity contribution < 1.29 is 4.74 Å². The molecule has 1 saturated heterocycles. The average Bonchev–Trinajstić information content (AvgIpc) is 2.21. The number of benzene rings is 1. The fourth-order valence-electron chi connectivity index (χ4n) is 1.90. The molecule has 1 fully saturated rings. The molecule has 0 N–H and O–H groups in total. The molecule has 1 aliphatic heterocycles. The van der Waals surface area contributed by atoms with E-state index in [4.69, 9.17) is 4.74 Å². The SMILES string of the molecule is c1ccc(CC2CCOCC2)cc1. The van der Waals surface area contributed by atoms with E-state index in [1.54, 1.807) is 0 Å². The predicted octanol–water partition coefficient (Wildman–Crippen LogP) is 2.66. The number of hydrogen-bond acceptors (Lipinski definition) is 1. The Labute approximate surface area is 79.7 Å². The van der Waals surface area contributed by atoms with Crippen LogP contribution in [0.4, 0.5) is 0 Å². The predicted molar refractivity (Wildman–Crippen MR) is 53.7 cm³/mol. The highest BCUT2D eigenvalue weighted by Crippen LogP contribution is 2.19. The summed E-state index contributed by atoms with van der Waals surface area (Å²) in [6.07, 6.45) is 3.69. The van der Waals surface area contributed by atoms with E-state index in [0.717, 1.165) is 19.1 Å². The second-order valence-corrected chi connectivity index (χ2v) is 3.75. The molecule has 0 aliphatic carbocycles. The molecular formula is C12H16O. The van der Waals surface area contributed by atoms with E-state index in [-0.39, 0.29) is 0 Å². The van der Waals surface area contributed by atoms with E-state index in [9.17, 15) is 0 Å². The summed E-state index contributed by atoms with van der Waals surface area (Å²) in [5, 5.41) is 0. The minimum atomic E-state index is 0.844. The fourth-order valence-corrected chi connectivity index (χ4v) is 1.90. The van der Waals surface area contributed by atoms with Crippen molar-refractivity contribution in [2.24, 2.45) is 5.92 Å². The first-order valence-corrected chi connectivity index (χ1v) is 5.07. The molecule has 0 unspecified atom stereocenters. The third kappa shape index (κ3) is 2.56. The van der Waals surface area contributed by atoms with Gasteiger partial charge in [-0.2, -0.15) is 0 Å². The van der Waals surface area contributed by atoms with E-state index < -0.39 is 0 Å². The molecule has 1 aromatic carbocycles. The van der Waals surface area contributed by atoms with Crippen LogP contribution in [-0.2, 0) is 11.2 Å². The number of ether oxygens (including phenoxy) is 1. The Bertz CT molecular complexity index is 237. The zero-order chi connectivity index (χ0) is 8.93. The lowest BCUT2D eigenvalue weighted by atomic mass is 9.92. The summed E-state index contributed by atoms with van der Waals surface area (Å²) in [5.74, 6) is 0.844. The molecule has 1 nitrogen and oxygen atoms in total. The van der Waals surface area contributed by atoms with Crippen molar-refractivity contribution in [2.75, 3.05) is 13.2 Å². The molecular weight excluding hydrogens is 160 g/mol. The van der Waals surface area contributed by atoms with E-state index >= 15 is 0 Å². The summed E-state index contributed by atoms with van der Waals surface area (Å²) in [5.41, 5.74) is 1.47. The van der Waals surface area contributed by atoms with Gasteiger partial charge in [-0.15, -0.1) is 0 Å². The maximum Gasteiger partial charge on any atom is 0.0468 e. The van der Waals surface area contributed by atoms with E-state index in [1.165, 1.54) is 24.8 Å². The second-order valence-electron chi connectivity index (χ2n) is 3.75. The van der Waals surface area contributed by atoms with E-state index in [0.29, 0.717) is 0 Å². The third-order valence-corrected chi connectivity index (χ3v) is 2.71. The molecule has 1 heterocycles. The van der Waals surface area contributed by atoms with Gasteiger partial charge in [0.25, 0.3) is 0 Å². The first-order valence-electron chi connectivity index (χ1n) is 5.07. The normalized spacial score (nSPS) is 18.8. The highest BCUT2D eigenvalue weighted by molar-refractivity contribution is 5.15. The summed E-state index contributed by atoms with van der Waals surface area (Å²) in [6, 6.07) is 10.8. The molecule has 0 aromatic heterocycles. The smallest absolute Gasteiger partial charge is 0.0468 e. The van der Waals surface area contributed by atoms with Gasteiger partial charge in [-0.25, -0.2) is 0 Å². The Kier molecular flexibility index (Phi) is 2.98. The van der Waals surface area contributed by atoms with Crippen LogP contribution < -0.4 is 0 Å². The van der Waals surface area contributed by atoms with Crippen LogP contribution in [0.5, 0.6) is 0 Å². The van der Waals surface area contributed by atoms with Crippen LogP contribution in [0, 0.1) is 5.92 Å². The van der Waals surface area contributed by atoms with Crippen LogP contribution in [0.3, 0.4) is 0 Å². The van der Waals surface area contributed by atoms with Gasteiger partial charge in [0.05, 0.1) is 0 Å². The van der Waals surface area contributed by atoms with Crippen molar-refractivity contribution in [1.29, 1.82) is 0 Å². The number of rotatable bonds is 2. The molecule has 1 aromatic rings. The molecule has 70 valence electrons. The Balaban J connectivity index is 1.90. The monoisotopic (exact) mass is 176 g/mol. The van der Waals surface area contributed by atoms with Gasteiger partial charge < -0.3 is 4.74 Å². The maximum atomic E-state index is 5.34. The number of hydrogen-bond donors (Lipinski definition) is 0. The van der Waals surface area contributed by atoms with Crippen molar-refractivity contribution in [3.63, 3.8) is 0 Å². The lowest BCUT2D eigenvalue weighted by Crippen LogP contribution is -2.17. The van der Waals surface area contributed by atoms with Gasteiger partial charge in [-0.05, 0) is 30.7 Å². The zero-order valence-electron chi connectivity index (χ0n) is 7.91. The van der Waals surface area contributed by atoms with Gasteiger partial charge in [-0.1, -0.05) is 30.3 Å². The molecule has 0 saturated carbocycles. The summed E-state index contributed by atoms with van der Waals surface area (Å²) in [7, 11) is 0. The molecule has 13 heavy (non-hydrogen) atoms. The molecule has 0 amide bonds. The van der Waals surface area contributed by atoms with Crippen molar-refractivity contribution in [3.8, 4) is 0 Å². The Morgan fingerprint density at radius 1 is 1.08 bits per heavy atom. The summed E-state index contributed by atoms with van der Waals surface area (Å²) < 4.78 is 5.34. The Hall–Kier alpha value is -0.820. The van der Waals surface area contributed by atoms with Gasteiger partial charge >= 0.3 is 0 Å². The maximum absolute atomic E-state index is 5.34. The van der Waals surface area contributed by atoms with Gasteiger partial charge in [-0.3, -0.25) is 0 Å². The molecule has 0 radical (unpaired) electrons. The van der Waals surface area contributed by atoms with E-state index in [2.05, 4.69) is 30.3 Å². The lowest BCUT2D eigenvalue weighted by molar-refractivity contribution is 0.0665. The average molecular weight is 176 g/mol. The fraction of sp³-hybridized carbons (Fsp3) is 0.500. The van der Waals surface area contributed by atoms with Crippen LogP contribution in [0.1, 0.15) is 18.4 Å². The quantitative estimate of drug-likeness (QED) is 0.673. The lowest BCUT2D eigenvalue weighted by Gasteiger charge is -2.21. The topological polar surface area (TPSA) is 9.23 Å². The highest BCUT2D eigenvalue weighted by atomic mass is 16.5. The van der Waals surface area contributed by atoms with Crippen LogP contribution >= 0.6 is 0 Å². The summed E-state index contributed by atoms with van der Waals surface area (Å²) in [4.78, 5) is 0. The minimum absolute atomic E-state index is 0.844. The molecule has 0 spiro atoms. The Morgan fingerprint density at radius 2 is 1.77 bits per heavy atom. The van der Waals surface area contributed by atoms with Crippen molar-refractivity contribution in [3.05, 3.63) is 35.9 Å². The van der Waals surface area contributed by atoms with E-state index in [1.807, 2.05) is 0 Å². The summed E-state index contributed by atoms with van der Waals surface area (Å²) >= 11 is 0. The minimum Gasteiger partial charge on any atom is -0.381 e. The van der Waals surface area contributed by atoms with Gasteiger partial charge in [0.1, 0.15) is 0 Å². The molecule has 0 bridgehead atoms. The first-order chi connectivity index (χ1) is 6.45. The van der Waals surface area contributed by atoms with Crippen molar-refractivity contribution >= 4 is 0 Å². The van der Waals surface area contributed by atoms with Gasteiger partial charge in [0, 0.05) is 13.2 Å². The van der Waals surface area contributed by atoms with Crippen molar-refractivity contribution in [1.82, 2.24) is 0 Å². The summed E-state index contributed by atoms with van der Waals surface area (Å²) in [6.45, 7) is 1.91. The van der Waals surface area contributed by atoms with Crippen LogP contribution in [0.25, 0.3) is 0 Å².